The van der Waals surface area contributed by atoms with Gasteiger partial charge in [0, 0.05) is 5.69 Å². The van der Waals surface area contributed by atoms with Crippen LogP contribution in [0.25, 0.3) is 0 Å². The summed E-state index contributed by atoms with van der Waals surface area (Å²) in [5, 5.41) is 5.05. The van der Waals surface area contributed by atoms with E-state index in [2.05, 4.69) is 10.6 Å². The molecule has 0 saturated heterocycles. The maximum absolute atomic E-state index is 11.7. The number of primary amides is 1. The molecule has 5 heteroatoms. The second-order valence-electron chi connectivity index (χ2n) is 4.04. The Bertz CT molecular complexity index is 443. The first kappa shape index (κ1) is 13.0. The first-order valence-electron chi connectivity index (χ1n) is 5.34. The molecule has 0 aliphatic heterocycles. The molecule has 17 heavy (non-hydrogen) atoms. The predicted molar refractivity (Wildman–Crippen MR) is 66.7 cm³/mol. The summed E-state index contributed by atoms with van der Waals surface area (Å²) in [6.07, 6.45) is 0. The second-order valence-corrected chi connectivity index (χ2v) is 4.04. The van der Waals surface area contributed by atoms with Crippen LogP contribution in [-0.2, 0) is 4.79 Å². The number of hydrogen-bond donors (Lipinski definition) is 3. The molecule has 0 spiro atoms. The van der Waals surface area contributed by atoms with Gasteiger partial charge in [-0.3, -0.25) is 4.79 Å². The Labute approximate surface area is 100 Å². The van der Waals surface area contributed by atoms with Crippen LogP contribution in [-0.4, -0.2) is 18.0 Å². The van der Waals surface area contributed by atoms with Crippen LogP contribution in [0.4, 0.5) is 10.5 Å². The van der Waals surface area contributed by atoms with Crippen LogP contribution in [0.2, 0.25) is 0 Å². The normalized spacial score (nSPS) is 11.7. The number of hydrogen-bond acceptors (Lipinski definition) is 2. The van der Waals surface area contributed by atoms with E-state index in [1.54, 1.807) is 6.92 Å². The van der Waals surface area contributed by atoms with Gasteiger partial charge in [0.05, 0.1) is 0 Å². The summed E-state index contributed by atoms with van der Waals surface area (Å²) in [5.41, 5.74) is 7.78. The van der Waals surface area contributed by atoms with Crippen LogP contribution in [0.15, 0.2) is 18.2 Å². The van der Waals surface area contributed by atoms with Crippen LogP contribution in [0.3, 0.4) is 0 Å². The minimum absolute atomic E-state index is 0.296. The molecule has 92 valence electrons. The molecular formula is C12H17N3O2. The van der Waals surface area contributed by atoms with Crippen LogP contribution in [0, 0.1) is 13.8 Å². The Morgan fingerprint density at radius 3 is 2.47 bits per heavy atom. The number of anilines is 1. The third-order valence-corrected chi connectivity index (χ3v) is 2.39. The first-order chi connectivity index (χ1) is 7.90. The first-order valence-corrected chi connectivity index (χ1v) is 5.34. The molecule has 0 aliphatic carbocycles. The van der Waals surface area contributed by atoms with Crippen LogP contribution < -0.4 is 16.4 Å². The van der Waals surface area contributed by atoms with Gasteiger partial charge >= 0.3 is 6.03 Å². The minimum Gasteiger partial charge on any atom is -0.352 e. The van der Waals surface area contributed by atoms with Crippen molar-refractivity contribution in [1.82, 2.24) is 5.32 Å². The Morgan fingerprint density at radius 2 is 1.94 bits per heavy atom. The summed E-state index contributed by atoms with van der Waals surface area (Å²) in [6, 6.07) is 4.34. The minimum atomic E-state index is -0.715. The summed E-state index contributed by atoms with van der Waals surface area (Å²) >= 11 is 0. The van der Waals surface area contributed by atoms with Crippen molar-refractivity contribution < 1.29 is 9.59 Å². The largest absolute Gasteiger partial charge is 0.352 e. The fraction of sp³-hybridized carbons (Fsp3) is 0.333. The van der Waals surface area contributed by atoms with Gasteiger partial charge in [-0.2, -0.15) is 0 Å². The molecule has 1 unspecified atom stereocenters. The number of carbonyl (C=O) groups excluding carboxylic acids is 2. The molecule has 0 radical (unpaired) electrons. The zero-order valence-electron chi connectivity index (χ0n) is 10.2. The van der Waals surface area contributed by atoms with E-state index in [9.17, 15) is 9.59 Å². The smallest absolute Gasteiger partial charge is 0.312 e. The zero-order chi connectivity index (χ0) is 13.0. The number of aryl methyl sites for hydroxylation is 2. The predicted octanol–water partition coefficient (Wildman–Crippen LogP) is 1.30. The van der Waals surface area contributed by atoms with Gasteiger partial charge < -0.3 is 16.4 Å². The molecule has 0 bridgehead atoms. The lowest BCUT2D eigenvalue weighted by molar-refractivity contribution is -0.117. The molecule has 0 heterocycles. The van der Waals surface area contributed by atoms with E-state index in [1.807, 2.05) is 32.0 Å². The highest BCUT2D eigenvalue weighted by atomic mass is 16.2. The van der Waals surface area contributed by atoms with Gasteiger partial charge in [-0.15, -0.1) is 0 Å². The van der Waals surface area contributed by atoms with E-state index in [1.165, 1.54) is 0 Å². The monoisotopic (exact) mass is 235 g/mol. The van der Waals surface area contributed by atoms with Crippen molar-refractivity contribution in [2.75, 3.05) is 5.32 Å². The van der Waals surface area contributed by atoms with E-state index in [-0.39, 0.29) is 5.91 Å². The van der Waals surface area contributed by atoms with Crippen molar-refractivity contribution in [2.24, 2.45) is 5.73 Å². The topological polar surface area (TPSA) is 84.2 Å². The van der Waals surface area contributed by atoms with Crippen molar-refractivity contribution >= 4 is 17.6 Å². The average Bonchev–Trinajstić information content (AvgIpc) is 2.21. The summed E-state index contributed by atoms with van der Waals surface area (Å²) in [5.74, 6) is -0.296. The second kappa shape index (κ2) is 5.34. The fourth-order valence-corrected chi connectivity index (χ4v) is 1.47. The number of rotatable bonds is 3. The number of nitrogens with two attached hydrogens (primary N) is 1. The summed E-state index contributed by atoms with van der Waals surface area (Å²) in [4.78, 5) is 22.3. The molecule has 1 aromatic rings. The Kier molecular flexibility index (Phi) is 4.09. The zero-order valence-corrected chi connectivity index (χ0v) is 10.2. The van der Waals surface area contributed by atoms with Gasteiger partial charge in [-0.25, -0.2) is 4.79 Å². The molecule has 5 nitrogen and oxygen atoms in total. The fourth-order valence-electron chi connectivity index (χ4n) is 1.47. The number of nitrogens with one attached hydrogen (secondary N) is 2. The Morgan fingerprint density at radius 1 is 1.29 bits per heavy atom. The molecule has 0 fully saturated rings. The lowest BCUT2D eigenvalue weighted by atomic mass is 10.1. The highest BCUT2D eigenvalue weighted by Crippen LogP contribution is 2.16. The molecule has 1 rings (SSSR count). The molecule has 4 N–H and O–H groups in total. The molecule has 0 saturated carbocycles. The third kappa shape index (κ3) is 3.79. The van der Waals surface area contributed by atoms with Gasteiger partial charge in [0.25, 0.3) is 0 Å². The Balaban J connectivity index is 2.71. The SMILES string of the molecule is Cc1ccc(NC(=O)C(C)NC(N)=O)c(C)c1. The number of benzene rings is 1. The van der Waals surface area contributed by atoms with Crippen molar-refractivity contribution in [3.8, 4) is 0 Å². The highest BCUT2D eigenvalue weighted by Gasteiger charge is 2.14. The molecule has 0 aliphatic rings. The van der Waals surface area contributed by atoms with Crippen molar-refractivity contribution in [2.45, 2.75) is 26.8 Å². The quantitative estimate of drug-likeness (QED) is 0.737. The lowest BCUT2D eigenvalue weighted by Gasteiger charge is -2.14. The average molecular weight is 235 g/mol. The van der Waals surface area contributed by atoms with Crippen molar-refractivity contribution in [3.63, 3.8) is 0 Å². The van der Waals surface area contributed by atoms with Gasteiger partial charge in [-0.1, -0.05) is 17.7 Å². The summed E-state index contributed by atoms with van der Waals surface area (Å²) in [6.45, 7) is 5.47. The molecule has 3 amide bonds. The molecular weight excluding hydrogens is 218 g/mol. The highest BCUT2D eigenvalue weighted by molar-refractivity contribution is 5.97. The van der Waals surface area contributed by atoms with Gasteiger partial charge in [0.15, 0.2) is 0 Å². The lowest BCUT2D eigenvalue weighted by Crippen LogP contribution is -2.44. The Hall–Kier alpha value is -2.04. The summed E-state index contributed by atoms with van der Waals surface area (Å²) in [7, 11) is 0. The third-order valence-electron chi connectivity index (χ3n) is 2.39. The number of carbonyl (C=O) groups is 2. The maximum atomic E-state index is 11.7. The summed E-state index contributed by atoms with van der Waals surface area (Å²) < 4.78 is 0. The van der Waals surface area contributed by atoms with E-state index >= 15 is 0 Å². The number of urea groups is 1. The van der Waals surface area contributed by atoms with E-state index in [4.69, 9.17) is 5.73 Å². The van der Waals surface area contributed by atoms with E-state index in [0.29, 0.717) is 0 Å². The molecule has 0 aromatic heterocycles. The van der Waals surface area contributed by atoms with Crippen LogP contribution >= 0.6 is 0 Å². The number of amides is 3. The maximum Gasteiger partial charge on any atom is 0.312 e. The van der Waals surface area contributed by atoms with Gasteiger partial charge in [-0.05, 0) is 32.4 Å². The molecule has 1 aromatic carbocycles. The van der Waals surface area contributed by atoms with Crippen molar-refractivity contribution in [3.05, 3.63) is 29.3 Å². The van der Waals surface area contributed by atoms with Gasteiger partial charge in [0.1, 0.15) is 6.04 Å². The van der Waals surface area contributed by atoms with E-state index in [0.717, 1.165) is 16.8 Å². The van der Waals surface area contributed by atoms with Crippen LogP contribution in [0.5, 0.6) is 0 Å². The van der Waals surface area contributed by atoms with Crippen LogP contribution in [0.1, 0.15) is 18.1 Å². The van der Waals surface area contributed by atoms with E-state index < -0.39 is 12.1 Å². The van der Waals surface area contributed by atoms with Crippen molar-refractivity contribution in [1.29, 1.82) is 0 Å². The van der Waals surface area contributed by atoms with Gasteiger partial charge in [0.2, 0.25) is 5.91 Å². The standard InChI is InChI=1S/C12H17N3O2/c1-7-4-5-10(8(2)6-7)15-11(16)9(3)14-12(13)17/h4-6,9H,1-3H3,(H,15,16)(H3,13,14,17). The molecule has 1 atom stereocenters.